The van der Waals surface area contributed by atoms with Crippen molar-refractivity contribution in [2.24, 2.45) is 4.99 Å². The maximum atomic E-state index is 5.48. The third-order valence-electron chi connectivity index (χ3n) is 10.7. The number of fused-ring (bicyclic) bond motifs is 3. The molecule has 0 radical (unpaired) electrons. The zero-order valence-corrected chi connectivity index (χ0v) is 30.7. The highest BCUT2D eigenvalue weighted by atomic mass is 15.1. The van der Waals surface area contributed by atoms with Crippen LogP contribution >= 0.6 is 0 Å². The number of hydrogen-bond donors (Lipinski definition) is 1. The number of hydrogen-bond acceptors (Lipinski definition) is 3. The topological polar surface area (TPSA) is 37.3 Å². The number of benzene rings is 8. The highest BCUT2D eigenvalue weighted by molar-refractivity contribution is 6.19. The van der Waals surface area contributed by atoms with Gasteiger partial charge in [0.25, 0.3) is 0 Å². The van der Waals surface area contributed by atoms with E-state index in [9.17, 15) is 0 Å². The maximum Gasteiger partial charge on any atom is 0.145 e. The van der Waals surface area contributed by atoms with Crippen molar-refractivity contribution in [2.45, 2.75) is 6.17 Å². The van der Waals surface area contributed by atoms with Gasteiger partial charge in [-0.3, -0.25) is 4.99 Å². The Hall–Kier alpha value is -7.36. The summed E-state index contributed by atoms with van der Waals surface area (Å²) in [6.45, 7) is 0. The highest BCUT2D eigenvalue weighted by Crippen LogP contribution is 2.41. The third-order valence-corrected chi connectivity index (χ3v) is 10.7. The largest absolute Gasteiger partial charge is 0.360 e. The van der Waals surface area contributed by atoms with Gasteiger partial charge in [-0.15, -0.1) is 0 Å². The van der Waals surface area contributed by atoms with Crippen molar-refractivity contribution in [3.63, 3.8) is 0 Å². The summed E-state index contributed by atoms with van der Waals surface area (Å²) in [5.74, 6) is 0. The van der Waals surface area contributed by atoms with Crippen LogP contribution in [-0.4, -0.2) is 10.7 Å². The molecule has 3 nitrogen and oxygen atoms in total. The highest BCUT2D eigenvalue weighted by Gasteiger charge is 2.22. The van der Waals surface area contributed by atoms with Crippen molar-refractivity contribution < 1.29 is 0 Å². The van der Waals surface area contributed by atoms with E-state index in [1.165, 1.54) is 27.5 Å². The number of aromatic nitrogens is 1. The Morgan fingerprint density at radius 2 is 0.982 bits per heavy atom. The average molecular weight is 716 g/mol. The molecule has 8 aromatic carbocycles. The van der Waals surface area contributed by atoms with Gasteiger partial charge in [0.05, 0.1) is 16.9 Å². The Kier molecular flexibility index (Phi) is 8.58. The predicted octanol–water partition coefficient (Wildman–Crippen LogP) is 13.2. The lowest BCUT2D eigenvalue weighted by Gasteiger charge is -2.25. The van der Waals surface area contributed by atoms with E-state index >= 15 is 0 Å². The number of nitrogens with one attached hydrogen (secondary N) is 1. The molecular weight excluding hydrogens is 679 g/mol. The first-order valence-electron chi connectivity index (χ1n) is 19.1. The second kappa shape index (κ2) is 14.5. The number of nitrogens with zero attached hydrogens (tertiary/aromatic N) is 2. The van der Waals surface area contributed by atoms with E-state index in [4.69, 9.17) is 9.98 Å². The van der Waals surface area contributed by atoms with Gasteiger partial charge in [-0.1, -0.05) is 182 Å². The van der Waals surface area contributed by atoms with Gasteiger partial charge in [-0.25, -0.2) is 4.98 Å². The van der Waals surface area contributed by atoms with Crippen molar-refractivity contribution in [1.82, 2.24) is 10.3 Å². The molecule has 10 rings (SSSR count). The van der Waals surface area contributed by atoms with Crippen LogP contribution in [0.4, 0.5) is 0 Å². The standard InChI is InChI=1S/C53H37N3/c1-5-17-36(18-6-1)40-26-15-28-43(31-40)49-35-50(56-53(55-49)39-23-11-4-12-24-39)44-29-16-27-41(32-44)47-33-42-25-13-14-30-45(42)51-46(37-19-7-2-8-20-37)34-48(54-52(47)51)38-21-9-3-10-22-38/h1-35,53,55H. The number of aliphatic imine (C=N–C) groups is 1. The molecule has 1 aromatic heterocycles. The fourth-order valence-corrected chi connectivity index (χ4v) is 7.90. The first-order valence-corrected chi connectivity index (χ1v) is 19.1. The molecule has 0 bridgehead atoms. The molecule has 9 aromatic rings. The molecule has 1 aliphatic rings. The molecule has 0 spiro atoms. The zero-order valence-electron chi connectivity index (χ0n) is 30.7. The van der Waals surface area contributed by atoms with Crippen molar-refractivity contribution in [2.75, 3.05) is 0 Å². The summed E-state index contributed by atoms with van der Waals surface area (Å²) in [5.41, 5.74) is 15.1. The molecule has 0 aliphatic carbocycles. The van der Waals surface area contributed by atoms with E-state index in [0.29, 0.717) is 0 Å². The lowest BCUT2D eigenvalue weighted by Crippen LogP contribution is -2.24. The van der Waals surface area contributed by atoms with Crippen molar-refractivity contribution in [1.29, 1.82) is 0 Å². The number of rotatable bonds is 7. The molecule has 0 saturated heterocycles. The Balaban J connectivity index is 1.16. The molecule has 0 fully saturated rings. The number of pyridine rings is 1. The summed E-state index contributed by atoms with van der Waals surface area (Å²) in [6.07, 6.45) is 1.95. The van der Waals surface area contributed by atoms with Gasteiger partial charge >= 0.3 is 0 Å². The van der Waals surface area contributed by atoms with Crippen LogP contribution in [0, 0.1) is 0 Å². The van der Waals surface area contributed by atoms with E-state index in [2.05, 4.69) is 218 Å². The molecule has 56 heavy (non-hydrogen) atoms. The minimum absolute atomic E-state index is 0.250. The Morgan fingerprint density at radius 1 is 0.411 bits per heavy atom. The van der Waals surface area contributed by atoms with E-state index in [1.54, 1.807) is 0 Å². The van der Waals surface area contributed by atoms with Crippen LogP contribution in [-0.2, 0) is 0 Å². The second-order valence-corrected chi connectivity index (χ2v) is 14.2. The molecule has 1 unspecified atom stereocenters. The second-order valence-electron chi connectivity index (χ2n) is 14.2. The summed E-state index contributed by atoms with van der Waals surface area (Å²) < 4.78 is 0. The van der Waals surface area contributed by atoms with E-state index < -0.39 is 0 Å². The van der Waals surface area contributed by atoms with Crippen molar-refractivity contribution >= 4 is 33.1 Å². The van der Waals surface area contributed by atoms with Gasteiger partial charge in [0, 0.05) is 27.8 Å². The smallest absolute Gasteiger partial charge is 0.145 e. The van der Waals surface area contributed by atoms with Crippen molar-refractivity contribution in [3.8, 4) is 44.6 Å². The van der Waals surface area contributed by atoms with Crippen LogP contribution in [0.5, 0.6) is 0 Å². The van der Waals surface area contributed by atoms with Crippen LogP contribution in [0.1, 0.15) is 22.9 Å². The van der Waals surface area contributed by atoms with Crippen LogP contribution in [0.15, 0.2) is 217 Å². The van der Waals surface area contributed by atoms with Gasteiger partial charge < -0.3 is 5.32 Å². The molecular formula is C53H37N3. The number of allylic oxidation sites excluding steroid dienone is 1. The normalized spacial score (nSPS) is 13.9. The molecule has 1 aliphatic heterocycles. The van der Waals surface area contributed by atoms with Gasteiger partial charge in [0.2, 0.25) is 0 Å². The SMILES string of the molecule is C1=C(c2cccc(-c3ccccc3)c2)NC(c2ccccc2)N=C1c1cccc(-c2cc3ccccc3c3c(-c4ccccc4)cc(-c4ccccc4)nc23)c1. The van der Waals surface area contributed by atoms with Crippen LogP contribution in [0.2, 0.25) is 0 Å². The van der Waals surface area contributed by atoms with Crippen molar-refractivity contribution in [3.05, 3.63) is 229 Å². The Morgan fingerprint density at radius 3 is 1.73 bits per heavy atom. The third kappa shape index (κ3) is 6.36. The van der Waals surface area contributed by atoms with Gasteiger partial charge in [-0.2, -0.15) is 0 Å². The lowest BCUT2D eigenvalue weighted by molar-refractivity contribution is 0.664. The molecule has 3 heteroatoms. The summed E-state index contributed by atoms with van der Waals surface area (Å²) in [7, 11) is 0. The Labute approximate surface area is 327 Å². The van der Waals surface area contributed by atoms with Gasteiger partial charge in [-0.05, 0) is 80.1 Å². The molecule has 0 amide bonds. The molecule has 264 valence electrons. The van der Waals surface area contributed by atoms with E-state index in [0.717, 1.165) is 66.9 Å². The zero-order chi connectivity index (χ0) is 37.3. The summed E-state index contributed by atoms with van der Waals surface area (Å²) in [5, 5.41) is 7.28. The fourth-order valence-electron chi connectivity index (χ4n) is 7.90. The molecule has 1 N–H and O–H groups in total. The van der Waals surface area contributed by atoms with Crippen LogP contribution in [0.25, 0.3) is 72.0 Å². The van der Waals surface area contributed by atoms with E-state index in [-0.39, 0.29) is 6.17 Å². The van der Waals surface area contributed by atoms with Gasteiger partial charge in [0.15, 0.2) is 0 Å². The van der Waals surface area contributed by atoms with E-state index in [1.807, 2.05) is 0 Å². The lowest BCUT2D eigenvalue weighted by atomic mass is 9.90. The Bertz CT molecular complexity index is 2920. The molecule has 2 heterocycles. The summed E-state index contributed by atoms with van der Waals surface area (Å²) >= 11 is 0. The quantitative estimate of drug-likeness (QED) is 0.167. The monoisotopic (exact) mass is 715 g/mol. The molecule has 1 atom stereocenters. The first kappa shape index (κ1) is 33.2. The fraction of sp³-hybridized carbons (Fsp3) is 0.0189. The minimum atomic E-state index is -0.250. The predicted molar refractivity (Wildman–Crippen MR) is 234 cm³/mol. The summed E-state index contributed by atoms with van der Waals surface area (Å²) in [4.78, 5) is 10.8. The summed E-state index contributed by atoms with van der Waals surface area (Å²) in [6, 6.07) is 73.0. The van der Waals surface area contributed by atoms with Crippen LogP contribution < -0.4 is 5.32 Å². The van der Waals surface area contributed by atoms with Crippen LogP contribution in [0.3, 0.4) is 0 Å². The minimum Gasteiger partial charge on any atom is -0.360 e. The molecule has 0 saturated carbocycles. The van der Waals surface area contributed by atoms with Gasteiger partial charge in [0.1, 0.15) is 6.17 Å². The maximum absolute atomic E-state index is 5.48. The first-order chi connectivity index (χ1) is 27.7. The average Bonchev–Trinajstić information content (AvgIpc) is 3.29.